The predicted molar refractivity (Wildman–Crippen MR) is 70.1 cm³/mol. The van der Waals surface area contributed by atoms with E-state index >= 15 is 0 Å². The largest absolute Gasteiger partial charge is 0.393 e. The number of piperidine rings is 1. The van der Waals surface area contributed by atoms with Crippen molar-refractivity contribution >= 4 is 10.0 Å². The lowest BCUT2D eigenvalue weighted by atomic mass is 9.92. The fraction of sp³-hybridized carbons (Fsp3) is 1.00. The first-order valence-corrected chi connectivity index (χ1v) is 8.66. The van der Waals surface area contributed by atoms with Crippen molar-refractivity contribution in [3.05, 3.63) is 0 Å². The van der Waals surface area contributed by atoms with Crippen LogP contribution in [0.4, 0.5) is 0 Å². The van der Waals surface area contributed by atoms with Crippen molar-refractivity contribution in [1.29, 1.82) is 0 Å². The van der Waals surface area contributed by atoms with Crippen LogP contribution in [0.5, 0.6) is 0 Å². The van der Waals surface area contributed by atoms with Crippen LogP contribution in [0.15, 0.2) is 0 Å². The fourth-order valence-electron chi connectivity index (χ4n) is 2.77. The Bertz CT molecular complexity index is 380. The Balaban J connectivity index is 1.78. The zero-order chi connectivity index (χ0) is 13.9. The first-order valence-electron chi connectivity index (χ1n) is 6.81. The number of ether oxygens (including phenoxy) is 2. The van der Waals surface area contributed by atoms with Gasteiger partial charge in [-0.15, -0.1) is 0 Å². The first kappa shape index (κ1) is 15.2. The molecule has 0 aromatic heterocycles. The summed E-state index contributed by atoms with van der Waals surface area (Å²) in [5.74, 6) is 0.222. The van der Waals surface area contributed by atoms with Crippen molar-refractivity contribution in [1.82, 2.24) is 4.31 Å². The Labute approximate surface area is 114 Å². The molecule has 0 aromatic rings. The van der Waals surface area contributed by atoms with Gasteiger partial charge in [0.1, 0.15) is 0 Å². The van der Waals surface area contributed by atoms with E-state index in [0.717, 1.165) is 12.8 Å². The topological polar surface area (TPSA) is 76.1 Å². The highest BCUT2D eigenvalue weighted by Gasteiger charge is 2.28. The molecule has 0 saturated carbocycles. The van der Waals surface area contributed by atoms with Gasteiger partial charge in [0, 0.05) is 19.5 Å². The second-order valence-corrected chi connectivity index (χ2v) is 7.41. The molecule has 7 heteroatoms. The fourth-order valence-corrected chi connectivity index (χ4v) is 3.71. The second-order valence-electron chi connectivity index (χ2n) is 5.43. The molecule has 2 aliphatic heterocycles. The molecule has 0 spiro atoms. The average Bonchev–Trinajstić information content (AvgIpc) is 2.80. The Kier molecular flexibility index (Phi) is 5.19. The standard InChI is InChI=1S/C12H23NO5S/c1-19(15,16)13-4-2-3-10(9-13)7-11(14)8-12-17-5-6-18-12/h10-12,14H,2-9H2,1H3. The zero-order valence-corrected chi connectivity index (χ0v) is 12.1. The normalized spacial score (nSPS) is 28.6. The van der Waals surface area contributed by atoms with Crippen LogP contribution in [-0.2, 0) is 19.5 Å². The molecule has 2 atom stereocenters. The molecule has 2 fully saturated rings. The minimum Gasteiger partial charge on any atom is -0.393 e. The number of aliphatic hydroxyl groups excluding tert-OH is 1. The number of hydrogen-bond donors (Lipinski definition) is 1. The Morgan fingerprint density at radius 2 is 2.00 bits per heavy atom. The summed E-state index contributed by atoms with van der Waals surface area (Å²) in [6.45, 7) is 2.29. The van der Waals surface area contributed by atoms with E-state index in [1.807, 2.05) is 0 Å². The molecule has 0 amide bonds. The molecule has 2 unspecified atom stereocenters. The van der Waals surface area contributed by atoms with E-state index in [4.69, 9.17) is 9.47 Å². The van der Waals surface area contributed by atoms with Crippen LogP contribution in [0.2, 0.25) is 0 Å². The van der Waals surface area contributed by atoms with Crippen molar-refractivity contribution in [3.8, 4) is 0 Å². The Morgan fingerprint density at radius 3 is 2.63 bits per heavy atom. The van der Waals surface area contributed by atoms with E-state index in [1.165, 1.54) is 10.6 Å². The lowest BCUT2D eigenvalue weighted by Crippen LogP contribution is -2.40. The number of nitrogens with zero attached hydrogens (tertiary/aromatic N) is 1. The van der Waals surface area contributed by atoms with Crippen molar-refractivity contribution in [2.75, 3.05) is 32.6 Å². The molecule has 19 heavy (non-hydrogen) atoms. The monoisotopic (exact) mass is 293 g/mol. The number of aliphatic hydroxyl groups is 1. The van der Waals surface area contributed by atoms with Crippen molar-refractivity contribution < 1.29 is 23.0 Å². The third kappa shape index (κ3) is 4.68. The van der Waals surface area contributed by atoms with E-state index in [0.29, 0.717) is 39.1 Å². The van der Waals surface area contributed by atoms with Gasteiger partial charge in [0.25, 0.3) is 0 Å². The molecular formula is C12H23NO5S. The quantitative estimate of drug-likeness (QED) is 0.782. The number of sulfonamides is 1. The minimum atomic E-state index is -3.11. The zero-order valence-electron chi connectivity index (χ0n) is 11.3. The maximum atomic E-state index is 11.5. The summed E-state index contributed by atoms with van der Waals surface area (Å²) in [6.07, 6.45) is 3.35. The lowest BCUT2D eigenvalue weighted by molar-refractivity contribution is -0.0737. The van der Waals surface area contributed by atoms with E-state index in [-0.39, 0.29) is 12.2 Å². The Hall–Kier alpha value is -0.210. The highest BCUT2D eigenvalue weighted by molar-refractivity contribution is 7.88. The van der Waals surface area contributed by atoms with Gasteiger partial charge in [0.2, 0.25) is 10.0 Å². The van der Waals surface area contributed by atoms with Crippen molar-refractivity contribution in [2.24, 2.45) is 5.92 Å². The molecule has 0 radical (unpaired) electrons. The molecule has 2 aliphatic rings. The molecule has 6 nitrogen and oxygen atoms in total. The van der Waals surface area contributed by atoms with Crippen LogP contribution in [0.25, 0.3) is 0 Å². The van der Waals surface area contributed by atoms with Gasteiger partial charge in [-0.25, -0.2) is 12.7 Å². The first-order chi connectivity index (χ1) is 8.95. The van der Waals surface area contributed by atoms with Gasteiger partial charge in [-0.2, -0.15) is 0 Å². The highest BCUT2D eigenvalue weighted by Crippen LogP contribution is 2.24. The maximum Gasteiger partial charge on any atom is 0.211 e. The predicted octanol–water partition coefficient (Wildman–Crippen LogP) is 0.172. The Morgan fingerprint density at radius 1 is 1.32 bits per heavy atom. The van der Waals surface area contributed by atoms with Gasteiger partial charge < -0.3 is 14.6 Å². The molecule has 112 valence electrons. The van der Waals surface area contributed by atoms with Crippen LogP contribution in [-0.4, -0.2) is 62.8 Å². The van der Waals surface area contributed by atoms with Gasteiger partial charge >= 0.3 is 0 Å². The number of rotatable bonds is 5. The molecule has 1 N–H and O–H groups in total. The summed E-state index contributed by atoms with van der Waals surface area (Å²) >= 11 is 0. The summed E-state index contributed by atoms with van der Waals surface area (Å²) < 4.78 is 35.1. The van der Waals surface area contributed by atoms with Crippen LogP contribution in [0.3, 0.4) is 0 Å². The summed E-state index contributed by atoms with van der Waals surface area (Å²) in [5.41, 5.74) is 0. The lowest BCUT2D eigenvalue weighted by Gasteiger charge is -2.32. The van der Waals surface area contributed by atoms with Gasteiger partial charge in [0.15, 0.2) is 6.29 Å². The van der Waals surface area contributed by atoms with Gasteiger partial charge in [-0.3, -0.25) is 0 Å². The van der Waals surface area contributed by atoms with E-state index in [1.54, 1.807) is 0 Å². The molecule has 0 bridgehead atoms. The van der Waals surface area contributed by atoms with Crippen LogP contribution >= 0.6 is 0 Å². The van der Waals surface area contributed by atoms with Crippen LogP contribution in [0.1, 0.15) is 25.7 Å². The van der Waals surface area contributed by atoms with E-state index in [9.17, 15) is 13.5 Å². The SMILES string of the molecule is CS(=O)(=O)N1CCCC(CC(O)CC2OCCO2)C1. The second kappa shape index (κ2) is 6.49. The molecule has 2 saturated heterocycles. The van der Waals surface area contributed by atoms with Crippen molar-refractivity contribution in [2.45, 2.75) is 38.1 Å². The van der Waals surface area contributed by atoms with Crippen LogP contribution < -0.4 is 0 Å². The smallest absolute Gasteiger partial charge is 0.211 e. The minimum absolute atomic E-state index is 0.222. The van der Waals surface area contributed by atoms with Crippen molar-refractivity contribution in [3.63, 3.8) is 0 Å². The summed E-state index contributed by atoms with van der Waals surface area (Å²) in [4.78, 5) is 0. The van der Waals surface area contributed by atoms with Gasteiger partial charge in [-0.1, -0.05) is 0 Å². The third-order valence-electron chi connectivity index (χ3n) is 3.71. The summed E-state index contributed by atoms with van der Waals surface area (Å²) in [6, 6.07) is 0. The molecule has 2 rings (SSSR count). The third-order valence-corrected chi connectivity index (χ3v) is 4.98. The molecule has 0 aromatic carbocycles. The van der Waals surface area contributed by atoms with E-state index < -0.39 is 16.1 Å². The average molecular weight is 293 g/mol. The molecular weight excluding hydrogens is 270 g/mol. The van der Waals surface area contributed by atoms with Gasteiger partial charge in [-0.05, 0) is 25.2 Å². The number of hydrogen-bond acceptors (Lipinski definition) is 5. The maximum absolute atomic E-state index is 11.5. The van der Waals surface area contributed by atoms with Crippen LogP contribution in [0, 0.1) is 5.92 Å². The van der Waals surface area contributed by atoms with E-state index in [2.05, 4.69) is 0 Å². The summed E-state index contributed by atoms with van der Waals surface area (Å²) in [7, 11) is -3.11. The highest BCUT2D eigenvalue weighted by atomic mass is 32.2. The summed E-state index contributed by atoms with van der Waals surface area (Å²) in [5, 5.41) is 10.0. The molecule has 0 aliphatic carbocycles. The van der Waals surface area contributed by atoms with Gasteiger partial charge in [0.05, 0.1) is 25.6 Å². The molecule has 2 heterocycles.